The molecule has 2 aliphatic rings. The SMILES string of the molecule is COc1ccc(-c2cc(-c3ccc4c(c3)OCCO4)nc(-c3ccc4c(c3)N(C)C(=O)CO4)c2)cc1. The minimum absolute atomic E-state index is 0.0440. The van der Waals surface area contributed by atoms with Crippen LogP contribution in [-0.2, 0) is 4.79 Å². The molecule has 0 N–H and O–H groups in total. The van der Waals surface area contributed by atoms with Crippen LogP contribution in [-0.4, -0.2) is 44.9 Å². The Hall–Kier alpha value is -4.52. The molecule has 180 valence electrons. The van der Waals surface area contributed by atoms with Crippen LogP contribution in [0.4, 0.5) is 5.69 Å². The lowest BCUT2D eigenvalue weighted by Crippen LogP contribution is -2.35. The predicted octanol–water partition coefficient (Wildman–Crippen LogP) is 5.22. The van der Waals surface area contributed by atoms with E-state index in [2.05, 4.69) is 12.1 Å². The van der Waals surface area contributed by atoms with E-state index in [1.54, 1.807) is 19.1 Å². The third kappa shape index (κ3) is 3.98. The van der Waals surface area contributed by atoms with Crippen LogP contribution in [0.25, 0.3) is 33.6 Å². The zero-order valence-electron chi connectivity index (χ0n) is 20.0. The van der Waals surface area contributed by atoms with Crippen LogP contribution < -0.4 is 23.8 Å². The van der Waals surface area contributed by atoms with Crippen molar-refractivity contribution in [3.8, 4) is 56.6 Å². The van der Waals surface area contributed by atoms with Crippen LogP contribution in [0.15, 0.2) is 72.8 Å². The number of ether oxygens (including phenoxy) is 4. The number of rotatable bonds is 4. The zero-order valence-corrected chi connectivity index (χ0v) is 20.0. The summed E-state index contributed by atoms with van der Waals surface area (Å²) in [4.78, 5) is 18.8. The van der Waals surface area contributed by atoms with Crippen LogP contribution in [0.1, 0.15) is 0 Å². The molecule has 2 aliphatic heterocycles. The van der Waals surface area contributed by atoms with Crippen LogP contribution in [0.3, 0.4) is 0 Å². The second kappa shape index (κ2) is 8.92. The van der Waals surface area contributed by atoms with Gasteiger partial charge in [-0.15, -0.1) is 0 Å². The molecule has 7 heteroatoms. The Labute approximate surface area is 208 Å². The number of benzene rings is 3. The standard InChI is InChI=1S/C29H24N2O5/c1-31-25-15-19(5-9-26(25)36-17-29(31)32)23-13-21(18-3-7-22(33-2)8-4-18)14-24(30-23)20-6-10-27-28(16-20)35-12-11-34-27/h3-10,13-16H,11-12,17H2,1-2H3. The molecule has 0 saturated heterocycles. The quantitative estimate of drug-likeness (QED) is 0.399. The molecule has 1 amide bonds. The highest BCUT2D eigenvalue weighted by Crippen LogP contribution is 2.39. The first-order valence-electron chi connectivity index (χ1n) is 11.7. The van der Waals surface area contributed by atoms with Crippen molar-refractivity contribution in [3.05, 3.63) is 72.8 Å². The summed E-state index contributed by atoms with van der Waals surface area (Å²) in [5.41, 5.74) is 6.15. The highest BCUT2D eigenvalue weighted by molar-refractivity contribution is 5.98. The fourth-order valence-electron chi connectivity index (χ4n) is 4.41. The lowest BCUT2D eigenvalue weighted by molar-refractivity contribution is -0.120. The van der Waals surface area contributed by atoms with Gasteiger partial charge in [-0.1, -0.05) is 12.1 Å². The van der Waals surface area contributed by atoms with Gasteiger partial charge in [0.2, 0.25) is 0 Å². The lowest BCUT2D eigenvalue weighted by Gasteiger charge is -2.26. The van der Waals surface area contributed by atoms with E-state index in [0.717, 1.165) is 50.8 Å². The molecular formula is C29H24N2O5. The average Bonchev–Trinajstić information content (AvgIpc) is 2.94. The lowest BCUT2D eigenvalue weighted by atomic mass is 9.99. The Morgan fingerprint density at radius 3 is 2.08 bits per heavy atom. The molecule has 0 radical (unpaired) electrons. The maximum absolute atomic E-state index is 12.2. The Morgan fingerprint density at radius 1 is 0.722 bits per heavy atom. The number of aromatic nitrogens is 1. The minimum Gasteiger partial charge on any atom is -0.497 e. The number of pyridine rings is 1. The number of hydrogen-bond donors (Lipinski definition) is 0. The molecule has 36 heavy (non-hydrogen) atoms. The zero-order chi connectivity index (χ0) is 24.6. The summed E-state index contributed by atoms with van der Waals surface area (Å²) in [7, 11) is 3.41. The number of nitrogens with zero attached hydrogens (tertiary/aromatic N) is 2. The van der Waals surface area contributed by atoms with Gasteiger partial charge in [-0.3, -0.25) is 4.79 Å². The molecule has 3 aromatic carbocycles. The summed E-state index contributed by atoms with van der Waals surface area (Å²) in [5.74, 6) is 2.83. The Bertz CT molecular complexity index is 1470. The molecule has 0 aliphatic carbocycles. The van der Waals surface area contributed by atoms with Gasteiger partial charge in [-0.25, -0.2) is 4.98 Å². The van der Waals surface area contributed by atoms with Crippen molar-refractivity contribution < 1.29 is 23.7 Å². The molecule has 7 nitrogen and oxygen atoms in total. The summed E-state index contributed by atoms with van der Waals surface area (Å²) in [6.07, 6.45) is 0. The molecule has 6 rings (SSSR count). The van der Waals surface area contributed by atoms with Gasteiger partial charge in [0.05, 0.1) is 24.2 Å². The van der Waals surface area contributed by atoms with E-state index in [-0.39, 0.29) is 12.5 Å². The van der Waals surface area contributed by atoms with Gasteiger partial charge < -0.3 is 23.8 Å². The van der Waals surface area contributed by atoms with E-state index in [0.29, 0.717) is 24.7 Å². The van der Waals surface area contributed by atoms with Crippen molar-refractivity contribution in [1.29, 1.82) is 0 Å². The van der Waals surface area contributed by atoms with Crippen molar-refractivity contribution in [1.82, 2.24) is 4.98 Å². The number of methoxy groups -OCH3 is 1. The first kappa shape index (κ1) is 22.0. The van der Waals surface area contributed by atoms with Gasteiger partial charge in [-0.2, -0.15) is 0 Å². The summed E-state index contributed by atoms with van der Waals surface area (Å²) >= 11 is 0. The third-order valence-electron chi connectivity index (χ3n) is 6.43. The number of carbonyl (C=O) groups is 1. The maximum Gasteiger partial charge on any atom is 0.264 e. The van der Waals surface area contributed by atoms with Gasteiger partial charge in [-0.05, 0) is 71.8 Å². The average molecular weight is 481 g/mol. The van der Waals surface area contributed by atoms with Gasteiger partial charge in [0.15, 0.2) is 18.1 Å². The van der Waals surface area contributed by atoms with Crippen LogP contribution in [0.2, 0.25) is 0 Å². The number of hydrogen-bond acceptors (Lipinski definition) is 6. The summed E-state index contributed by atoms with van der Waals surface area (Å²) in [5, 5.41) is 0. The van der Waals surface area contributed by atoms with Crippen molar-refractivity contribution in [2.24, 2.45) is 0 Å². The summed E-state index contributed by atoms with van der Waals surface area (Å²) in [6.45, 7) is 1.10. The van der Waals surface area contributed by atoms with E-state index in [1.165, 1.54) is 0 Å². The second-order valence-electron chi connectivity index (χ2n) is 8.64. The van der Waals surface area contributed by atoms with E-state index in [1.807, 2.05) is 60.7 Å². The smallest absolute Gasteiger partial charge is 0.264 e. The molecular weight excluding hydrogens is 456 g/mol. The minimum atomic E-state index is -0.0865. The molecule has 1 aromatic heterocycles. The Kier molecular flexibility index (Phi) is 5.45. The van der Waals surface area contributed by atoms with Gasteiger partial charge in [0, 0.05) is 18.2 Å². The van der Waals surface area contributed by atoms with Crippen molar-refractivity contribution in [2.45, 2.75) is 0 Å². The first-order valence-corrected chi connectivity index (χ1v) is 11.7. The molecule has 4 aromatic rings. The van der Waals surface area contributed by atoms with Crippen LogP contribution in [0.5, 0.6) is 23.0 Å². The molecule has 0 bridgehead atoms. The summed E-state index contributed by atoms with van der Waals surface area (Å²) < 4.78 is 22.4. The molecule has 3 heterocycles. The highest BCUT2D eigenvalue weighted by atomic mass is 16.6. The Morgan fingerprint density at radius 2 is 1.36 bits per heavy atom. The maximum atomic E-state index is 12.2. The molecule has 0 saturated carbocycles. The number of amides is 1. The van der Waals surface area contributed by atoms with Gasteiger partial charge >= 0.3 is 0 Å². The molecule has 0 unspecified atom stereocenters. The number of carbonyl (C=O) groups excluding carboxylic acids is 1. The number of likely N-dealkylation sites (N-methyl/N-ethyl adjacent to an activating group) is 1. The monoisotopic (exact) mass is 480 g/mol. The van der Waals surface area contributed by atoms with Crippen LogP contribution in [0, 0.1) is 0 Å². The normalized spacial score (nSPS) is 14.2. The van der Waals surface area contributed by atoms with Crippen molar-refractivity contribution >= 4 is 11.6 Å². The second-order valence-corrected chi connectivity index (χ2v) is 8.64. The Balaban J connectivity index is 1.49. The number of anilines is 1. The predicted molar refractivity (Wildman–Crippen MR) is 137 cm³/mol. The topological polar surface area (TPSA) is 70.1 Å². The fourth-order valence-corrected chi connectivity index (χ4v) is 4.41. The third-order valence-corrected chi connectivity index (χ3v) is 6.43. The van der Waals surface area contributed by atoms with Gasteiger partial charge in [0.1, 0.15) is 24.7 Å². The fraction of sp³-hybridized carbons (Fsp3) is 0.172. The van der Waals surface area contributed by atoms with E-state index >= 15 is 0 Å². The van der Waals surface area contributed by atoms with E-state index in [4.69, 9.17) is 23.9 Å². The van der Waals surface area contributed by atoms with Crippen molar-refractivity contribution in [3.63, 3.8) is 0 Å². The number of fused-ring (bicyclic) bond motifs is 2. The molecule has 0 fully saturated rings. The first-order chi connectivity index (χ1) is 17.6. The molecule has 0 atom stereocenters. The largest absolute Gasteiger partial charge is 0.497 e. The highest BCUT2D eigenvalue weighted by Gasteiger charge is 2.23. The van der Waals surface area contributed by atoms with Crippen LogP contribution >= 0.6 is 0 Å². The van der Waals surface area contributed by atoms with E-state index in [9.17, 15) is 4.79 Å². The van der Waals surface area contributed by atoms with Crippen molar-refractivity contribution in [2.75, 3.05) is 38.9 Å². The van der Waals surface area contributed by atoms with E-state index < -0.39 is 0 Å². The molecule has 0 spiro atoms. The summed E-state index contributed by atoms with van der Waals surface area (Å²) in [6, 6.07) is 23.7. The van der Waals surface area contributed by atoms with Gasteiger partial charge in [0.25, 0.3) is 5.91 Å².